The Kier molecular flexibility index (Phi) is 1.40. The first-order valence-electron chi connectivity index (χ1n) is 3.64. The van der Waals surface area contributed by atoms with Gasteiger partial charge in [-0.05, 0) is 12.1 Å². The molecule has 2 bridgehead atoms. The lowest BCUT2D eigenvalue weighted by Gasteiger charge is -1.88. The minimum absolute atomic E-state index is 0.116. The molecular formula is C10H6O2. The molecule has 0 aliphatic heterocycles. The molecule has 3 aromatic rings. The predicted octanol–water partition coefficient (Wildman–Crippen LogP) is 0.998. The lowest BCUT2D eigenvalue weighted by molar-refractivity contribution is 1.60. The van der Waals surface area contributed by atoms with E-state index in [1.807, 2.05) is 0 Å². The first kappa shape index (κ1) is 6.98. The third kappa shape index (κ3) is 0.975. The molecule has 0 aliphatic rings. The Bertz CT molecular complexity index is 448. The summed E-state index contributed by atoms with van der Waals surface area (Å²) in [6.07, 6.45) is 0. The van der Waals surface area contributed by atoms with Crippen LogP contribution in [0.5, 0.6) is 0 Å². The van der Waals surface area contributed by atoms with Crippen LogP contribution in [0.25, 0.3) is 10.8 Å². The second-order valence-electron chi connectivity index (χ2n) is 2.64. The van der Waals surface area contributed by atoms with Crippen molar-refractivity contribution in [2.45, 2.75) is 0 Å². The highest BCUT2D eigenvalue weighted by atomic mass is 16.1. The highest BCUT2D eigenvalue weighted by Gasteiger charge is 1.92. The van der Waals surface area contributed by atoms with Gasteiger partial charge in [0.15, 0.2) is 10.9 Å². The molecule has 2 heteroatoms. The topological polar surface area (TPSA) is 34.1 Å². The van der Waals surface area contributed by atoms with Crippen molar-refractivity contribution in [1.29, 1.82) is 0 Å². The number of benzene rings is 1. The van der Waals surface area contributed by atoms with Gasteiger partial charge in [-0.15, -0.1) is 0 Å². The van der Waals surface area contributed by atoms with Gasteiger partial charge in [-0.25, -0.2) is 0 Å². The fourth-order valence-electron chi connectivity index (χ4n) is 1.14. The van der Waals surface area contributed by atoms with Crippen molar-refractivity contribution < 1.29 is 0 Å². The molecule has 0 heterocycles. The second kappa shape index (κ2) is 2.41. The van der Waals surface area contributed by atoms with Gasteiger partial charge in [-0.1, -0.05) is 24.3 Å². The summed E-state index contributed by atoms with van der Waals surface area (Å²) in [5, 5.41) is 1.25. The Morgan fingerprint density at radius 3 is 1.25 bits per heavy atom. The lowest BCUT2D eigenvalue weighted by Crippen LogP contribution is -2.03. The van der Waals surface area contributed by atoms with Crippen molar-refractivity contribution in [3.8, 4) is 0 Å². The van der Waals surface area contributed by atoms with E-state index < -0.39 is 0 Å². The fourth-order valence-corrected chi connectivity index (χ4v) is 1.14. The number of hydrogen-bond donors (Lipinski definition) is 0. The van der Waals surface area contributed by atoms with Gasteiger partial charge in [0.25, 0.3) is 0 Å². The van der Waals surface area contributed by atoms with Gasteiger partial charge in [0.05, 0.1) is 0 Å². The van der Waals surface area contributed by atoms with Crippen molar-refractivity contribution in [2.75, 3.05) is 0 Å². The normalized spacial score (nSPS) is 10.3. The Morgan fingerprint density at radius 1 is 0.583 bits per heavy atom. The molecule has 0 saturated heterocycles. The average molecular weight is 158 g/mol. The molecule has 0 amide bonds. The van der Waals surface area contributed by atoms with E-state index in [1.54, 1.807) is 24.3 Å². The van der Waals surface area contributed by atoms with E-state index in [0.29, 0.717) is 10.8 Å². The van der Waals surface area contributed by atoms with Crippen LogP contribution in [-0.4, -0.2) is 0 Å². The summed E-state index contributed by atoms with van der Waals surface area (Å²) in [4.78, 5) is 22.4. The Morgan fingerprint density at radius 2 is 0.917 bits per heavy atom. The molecule has 3 rings (SSSR count). The minimum Gasteiger partial charge on any atom is -0.289 e. The van der Waals surface area contributed by atoms with Gasteiger partial charge >= 0.3 is 0 Å². The lowest BCUT2D eigenvalue weighted by atomic mass is 10.2. The van der Waals surface area contributed by atoms with Gasteiger partial charge in [-0.3, -0.25) is 9.59 Å². The summed E-state index contributed by atoms with van der Waals surface area (Å²) >= 11 is 0. The highest BCUT2D eigenvalue weighted by molar-refractivity contribution is 5.63. The van der Waals surface area contributed by atoms with E-state index in [0.717, 1.165) is 0 Å². The van der Waals surface area contributed by atoms with E-state index in [9.17, 15) is 9.59 Å². The first-order chi connectivity index (χ1) is 5.77. The fraction of sp³-hybridized carbons (Fsp3) is 0. The molecule has 12 heavy (non-hydrogen) atoms. The van der Waals surface area contributed by atoms with Crippen LogP contribution in [0.4, 0.5) is 0 Å². The summed E-state index contributed by atoms with van der Waals surface area (Å²) in [6.45, 7) is 0. The van der Waals surface area contributed by atoms with Gasteiger partial charge in [0, 0.05) is 10.8 Å². The number of rotatable bonds is 0. The Labute approximate surface area is 68.4 Å². The predicted molar refractivity (Wildman–Crippen MR) is 47.7 cm³/mol. The third-order valence-corrected chi connectivity index (χ3v) is 1.84. The van der Waals surface area contributed by atoms with Crippen LogP contribution in [0.3, 0.4) is 0 Å². The maximum Gasteiger partial charge on any atom is 0.185 e. The standard InChI is InChI=1S/C10H6O2/c11-9-5-6-10(12)8-2-1-7(9)3-4-8/h1-6H. The molecule has 0 aromatic heterocycles. The zero-order valence-electron chi connectivity index (χ0n) is 6.28. The van der Waals surface area contributed by atoms with E-state index in [4.69, 9.17) is 0 Å². The number of hydrogen-bond acceptors (Lipinski definition) is 2. The van der Waals surface area contributed by atoms with Crippen LogP contribution < -0.4 is 10.9 Å². The summed E-state index contributed by atoms with van der Waals surface area (Å²) in [5.41, 5.74) is -0.232. The van der Waals surface area contributed by atoms with Crippen LogP contribution >= 0.6 is 0 Å². The Hall–Kier alpha value is -1.70. The SMILES string of the molecule is O=c1ccc(=O)c2ccc1cc2. The third-order valence-electron chi connectivity index (χ3n) is 1.84. The van der Waals surface area contributed by atoms with Crippen LogP contribution in [0.1, 0.15) is 0 Å². The van der Waals surface area contributed by atoms with Gasteiger partial charge < -0.3 is 0 Å². The zero-order valence-corrected chi connectivity index (χ0v) is 6.28. The van der Waals surface area contributed by atoms with Crippen LogP contribution in [0, 0.1) is 0 Å². The second-order valence-corrected chi connectivity index (χ2v) is 2.64. The largest absolute Gasteiger partial charge is 0.289 e. The molecule has 0 unspecified atom stereocenters. The smallest absolute Gasteiger partial charge is 0.185 e. The van der Waals surface area contributed by atoms with Crippen LogP contribution in [0.15, 0.2) is 46.0 Å². The number of fused-ring (bicyclic) bond motifs is 5. The van der Waals surface area contributed by atoms with Crippen molar-refractivity contribution in [1.82, 2.24) is 0 Å². The summed E-state index contributed by atoms with van der Waals surface area (Å²) in [7, 11) is 0. The first-order valence-corrected chi connectivity index (χ1v) is 3.64. The van der Waals surface area contributed by atoms with Crippen LogP contribution in [-0.2, 0) is 0 Å². The molecule has 0 spiro atoms. The van der Waals surface area contributed by atoms with Crippen molar-refractivity contribution >= 4 is 10.8 Å². The summed E-state index contributed by atoms with van der Waals surface area (Å²) < 4.78 is 0. The van der Waals surface area contributed by atoms with Crippen molar-refractivity contribution in [3.05, 3.63) is 56.8 Å². The molecule has 3 aromatic carbocycles. The average Bonchev–Trinajstić information content (AvgIpc) is 2.12. The zero-order chi connectivity index (χ0) is 8.55. The van der Waals surface area contributed by atoms with Crippen molar-refractivity contribution in [2.24, 2.45) is 0 Å². The quantitative estimate of drug-likeness (QED) is 0.573. The minimum atomic E-state index is -0.116. The van der Waals surface area contributed by atoms with Crippen molar-refractivity contribution in [3.63, 3.8) is 0 Å². The van der Waals surface area contributed by atoms with E-state index >= 15 is 0 Å². The summed E-state index contributed by atoms with van der Waals surface area (Å²) in [5.74, 6) is 0. The van der Waals surface area contributed by atoms with Gasteiger partial charge in [0.2, 0.25) is 0 Å². The Balaban J connectivity index is 3.14. The molecule has 0 fully saturated rings. The molecule has 58 valence electrons. The molecule has 0 saturated carbocycles. The molecule has 0 aliphatic carbocycles. The molecule has 0 atom stereocenters. The molecule has 2 nitrogen and oxygen atoms in total. The highest BCUT2D eigenvalue weighted by Crippen LogP contribution is 1.99. The molecule has 0 N–H and O–H groups in total. The van der Waals surface area contributed by atoms with E-state index in [1.165, 1.54) is 12.1 Å². The van der Waals surface area contributed by atoms with Gasteiger partial charge in [0.1, 0.15) is 0 Å². The van der Waals surface area contributed by atoms with Crippen LogP contribution in [0.2, 0.25) is 0 Å². The maximum atomic E-state index is 11.2. The monoisotopic (exact) mass is 158 g/mol. The van der Waals surface area contributed by atoms with E-state index in [2.05, 4.69) is 0 Å². The van der Waals surface area contributed by atoms with E-state index in [-0.39, 0.29) is 10.9 Å². The van der Waals surface area contributed by atoms with Gasteiger partial charge in [-0.2, -0.15) is 0 Å². The summed E-state index contributed by atoms with van der Waals surface area (Å²) in [6, 6.07) is 9.28. The molecule has 0 radical (unpaired) electrons. The molecular weight excluding hydrogens is 152 g/mol. The maximum absolute atomic E-state index is 11.2.